The molecule has 0 bridgehead atoms. The van der Waals surface area contributed by atoms with Crippen molar-refractivity contribution in [2.45, 2.75) is 40.2 Å². The van der Waals surface area contributed by atoms with Crippen LogP contribution in [0.15, 0.2) is 53.5 Å². The fraction of sp³-hybridized carbons (Fsp3) is 0.292. The van der Waals surface area contributed by atoms with E-state index in [4.69, 9.17) is 21.2 Å². The number of fused-ring (bicyclic) bond motifs is 1. The Morgan fingerprint density at radius 1 is 1.10 bits per heavy atom. The molecule has 4 N–H and O–H groups in total. The van der Waals surface area contributed by atoms with Crippen molar-refractivity contribution >= 4 is 22.8 Å². The van der Waals surface area contributed by atoms with Crippen LogP contribution in [0.4, 0.5) is 0 Å². The number of carbonyl (C=O) groups is 1. The van der Waals surface area contributed by atoms with E-state index in [1.165, 1.54) is 0 Å². The van der Waals surface area contributed by atoms with Crippen LogP contribution in [0.1, 0.15) is 43.6 Å². The molecule has 6 heteroatoms. The summed E-state index contributed by atoms with van der Waals surface area (Å²) >= 11 is 0. The van der Waals surface area contributed by atoms with E-state index in [9.17, 15) is 4.79 Å². The molecule has 0 unspecified atom stereocenters. The topological polar surface area (TPSA) is 104 Å². The van der Waals surface area contributed by atoms with Crippen molar-refractivity contribution in [3.63, 3.8) is 0 Å². The summed E-state index contributed by atoms with van der Waals surface area (Å²) in [6.07, 6.45) is 0. The number of nitrogens with two attached hydrogens (primary N) is 2. The minimum absolute atomic E-state index is 0.273. The highest BCUT2D eigenvalue weighted by molar-refractivity contribution is 6.11. The number of hydrogen-bond donors (Lipinski definition) is 2. The van der Waals surface area contributed by atoms with Crippen molar-refractivity contribution < 1.29 is 9.53 Å². The molecule has 0 atom stereocenters. The number of rotatable bonds is 5. The lowest BCUT2D eigenvalue weighted by Gasteiger charge is -2.31. The average molecular weight is 405 g/mol. The van der Waals surface area contributed by atoms with E-state index in [1.54, 1.807) is 6.07 Å². The number of pyridine rings is 1. The molecule has 0 spiro atoms. The van der Waals surface area contributed by atoms with Crippen molar-refractivity contribution in [2.75, 3.05) is 0 Å². The van der Waals surface area contributed by atoms with Gasteiger partial charge in [0.2, 0.25) is 0 Å². The number of ether oxygens (including phenoxy) is 1. The zero-order chi connectivity index (χ0) is 22.1. The molecule has 6 nitrogen and oxygen atoms in total. The molecule has 3 rings (SSSR count). The number of aromatic nitrogens is 1. The van der Waals surface area contributed by atoms with Crippen LogP contribution < -0.4 is 16.2 Å². The van der Waals surface area contributed by atoms with E-state index < -0.39 is 11.5 Å². The fourth-order valence-electron chi connectivity index (χ4n) is 3.06. The van der Waals surface area contributed by atoms with Crippen LogP contribution in [-0.2, 0) is 0 Å². The van der Waals surface area contributed by atoms with Crippen LogP contribution >= 0.6 is 0 Å². The number of nitrogens with zero attached hydrogens (tertiary/aromatic N) is 2. The minimum Gasteiger partial charge on any atom is -0.485 e. The zero-order valence-electron chi connectivity index (χ0n) is 18.1. The molecule has 3 aromatic rings. The van der Waals surface area contributed by atoms with Gasteiger partial charge in [-0.3, -0.25) is 4.79 Å². The number of para-hydroxylation sites is 1. The van der Waals surface area contributed by atoms with Crippen molar-refractivity contribution in [3.8, 4) is 17.0 Å². The average Bonchev–Trinajstić information content (AvgIpc) is 2.67. The highest BCUT2D eigenvalue weighted by Gasteiger charge is 2.26. The first kappa shape index (κ1) is 21.3. The summed E-state index contributed by atoms with van der Waals surface area (Å²) in [5, 5.41) is 0.638. The minimum atomic E-state index is -0.516. The molecule has 0 aliphatic carbocycles. The third kappa shape index (κ3) is 4.27. The lowest BCUT2D eigenvalue weighted by molar-refractivity contribution is 0.0615. The second-order valence-corrected chi connectivity index (χ2v) is 8.22. The van der Waals surface area contributed by atoms with Gasteiger partial charge in [-0.05, 0) is 44.4 Å². The lowest BCUT2D eigenvalue weighted by Crippen LogP contribution is -2.34. The summed E-state index contributed by atoms with van der Waals surface area (Å²) < 4.78 is 6.35. The number of benzene rings is 2. The van der Waals surface area contributed by atoms with E-state index in [0.717, 1.165) is 11.1 Å². The van der Waals surface area contributed by atoms with E-state index >= 15 is 0 Å². The first-order valence-corrected chi connectivity index (χ1v) is 9.93. The highest BCUT2D eigenvalue weighted by Crippen LogP contribution is 2.34. The summed E-state index contributed by atoms with van der Waals surface area (Å²) in [5.41, 5.74) is 14.1. The maximum absolute atomic E-state index is 12.8. The van der Waals surface area contributed by atoms with Gasteiger partial charge in [-0.25, -0.2) is 4.98 Å². The number of hydrogen-bond acceptors (Lipinski definition) is 3. The van der Waals surface area contributed by atoms with Gasteiger partial charge in [0.05, 0.1) is 11.3 Å². The van der Waals surface area contributed by atoms with Gasteiger partial charge in [-0.1, -0.05) is 50.2 Å². The van der Waals surface area contributed by atoms with Gasteiger partial charge in [0.1, 0.15) is 16.9 Å². The summed E-state index contributed by atoms with van der Waals surface area (Å²) in [6.45, 7) is 10.3. The Labute approximate surface area is 177 Å². The van der Waals surface area contributed by atoms with Gasteiger partial charge < -0.3 is 16.2 Å². The Balaban J connectivity index is 2.31. The van der Waals surface area contributed by atoms with Gasteiger partial charge >= 0.3 is 0 Å². The molecule has 0 fully saturated rings. The van der Waals surface area contributed by atoms with Crippen LogP contribution in [-0.4, -0.2) is 22.5 Å². The molecule has 0 saturated heterocycles. The number of guanidine groups is 1. The van der Waals surface area contributed by atoms with E-state index in [0.29, 0.717) is 27.9 Å². The quantitative estimate of drug-likeness (QED) is 0.483. The van der Waals surface area contributed by atoms with Crippen LogP contribution in [0.2, 0.25) is 0 Å². The van der Waals surface area contributed by atoms with Gasteiger partial charge in [0.25, 0.3) is 5.91 Å². The lowest BCUT2D eigenvalue weighted by atomic mass is 9.94. The van der Waals surface area contributed by atoms with Crippen LogP contribution in [0.3, 0.4) is 0 Å². The summed E-state index contributed by atoms with van der Waals surface area (Å²) in [7, 11) is 0. The van der Waals surface area contributed by atoms with Gasteiger partial charge in [-0.15, -0.1) is 0 Å². The molecule has 30 heavy (non-hydrogen) atoms. The molecule has 0 aliphatic rings. The van der Waals surface area contributed by atoms with Gasteiger partial charge in [0, 0.05) is 10.9 Å². The molecular weight excluding hydrogens is 376 g/mol. The fourth-order valence-corrected chi connectivity index (χ4v) is 3.06. The van der Waals surface area contributed by atoms with Crippen LogP contribution in [0.25, 0.3) is 22.2 Å². The predicted molar refractivity (Wildman–Crippen MR) is 122 cm³/mol. The second-order valence-electron chi connectivity index (χ2n) is 8.22. The summed E-state index contributed by atoms with van der Waals surface area (Å²) in [5.74, 6) is 0.0867. The standard InChI is InChI=1S/C24H28N4O2/c1-14(2)24(4,5)30-20-12-8-11-17-18(22(29)28-23(25)26)13-19(27-21(17)20)16-10-7-6-9-15(16)3/h6-14H,1-5H3,(H4,25,26,28,29). The van der Waals surface area contributed by atoms with E-state index in [1.807, 2.05) is 63.2 Å². The highest BCUT2D eigenvalue weighted by atomic mass is 16.5. The molecule has 1 heterocycles. The Hall–Kier alpha value is -3.41. The number of amides is 1. The molecule has 156 valence electrons. The Kier molecular flexibility index (Phi) is 5.78. The molecule has 0 aliphatic heterocycles. The normalized spacial score (nSPS) is 11.5. The Morgan fingerprint density at radius 2 is 1.80 bits per heavy atom. The SMILES string of the molecule is Cc1ccccc1-c1cc(C(=O)N=C(N)N)c2cccc(OC(C)(C)C(C)C)c2n1. The molecule has 1 amide bonds. The van der Waals surface area contributed by atoms with Crippen molar-refractivity contribution in [2.24, 2.45) is 22.4 Å². The third-order valence-electron chi connectivity index (χ3n) is 5.45. The Morgan fingerprint density at radius 3 is 2.43 bits per heavy atom. The summed E-state index contributed by atoms with van der Waals surface area (Å²) in [6, 6.07) is 15.2. The maximum atomic E-state index is 12.8. The predicted octanol–water partition coefficient (Wildman–Crippen LogP) is 4.44. The van der Waals surface area contributed by atoms with Crippen molar-refractivity contribution in [1.82, 2.24) is 4.98 Å². The second kappa shape index (κ2) is 8.14. The van der Waals surface area contributed by atoms with E-state index in [-0.39, 0.29) is 11.9 Å². The number of aryl methyl sites for hydroxylation is 1. The van der Waals surface area contributed by atoms with Crippen LogP contribution in [0, 0.1) is 12.8 Å². The Bertz CT molecular complexity index is 1130. The number of carbonyl (C=O) groups excluding carboxylic acids is 1. The maximum Gasteiger partial charge on any atom is 0.280 e. The first-order valence-electron chi connectivity index (χ1n) is 9.93. The van der Waals surface area contributed by atoms with Gasteiger partial charge in [0.15, 0.2) is 5.96 Å². The first-order chi connectivity index (χ1) is 14.1. The van der Waals surface area contributed by atoms with Crippen molar-refractivity contribution in [3.05, 3.63) is 59.7 Å². The largest absolute Gasteiger partial charge is 0.485 e. The van der Waals surface area contributed by atoms with Crippen molar-refractivity contribution in [1.29, 1.82) is 0 Å². The molecular formula is C24H28N4O2. The molecule has 0 radical (unpaired) electrons. The summed E-state index contributed by atoms with van der Waals surface area (Å²) in [4.78, 5) is 21.5. The molecule has 0 saturated carbocycles. The molecule has 2 aromatic carbocycles. The van der Waals surface area contributed by atoms with E-state index in [2.05, 4.69) is 18.8 Å². The third-order valence-corrected chi connectivity index (χ3v) is 5.45. The monoisotopic (exact) mass is 404 g/mol. The zero-order valence-corrected chi connectivity index (χ0v) is 18.1. The number of aliphatic imine (C=N–C) groups is 1. The van der Waals surface area contributed by atoms with Crippen LogP contribution in [0.5, 0.6) is 5.75 Å². The smallest absolute Gasteiger partial charge is 0.280 e. The molecule has 1 aromatic heterocycles. The van der Waals surface area contributed by atoms with Gasteiger partial charge in [-0.2, -0.15) is 4.99 Å².